The molecule has 0 unspecified atom stereocenters. The third kappa shape index (κ3) is 6.07. The van der Waals surface area contributed by atoms with Gasteiger partial charge in [-0.1, -0.05) is 32.9 Å². The summed E-state index contributed by atoms with van der Waals surface area (Å²) in [6.45, 7) is 6.39. The minimum atomic E-state index is -4.39. The first-order chi connectivity index (χ1) is 14.4. The maximum Gasteiger partial charge on any atom is 0.416 e. The first kappa shape index (κ1) is 22.3. The van der Waals surface area contributed by atoms with Crippen LogP contribution in [-0.4, -0.2) is 10.9 Å². The van der Waals surface area contributed by atoms with Crippen LogP contribution in [0.2, 0.25) is 0 Å². The van der Waals surface area contributed by atoms with Gasteiger partial charge in [-0.3, -0.25) is 9.78 Å². The van der Waals surface area contributed by atoms with Crippen LogP contribution < -0.4 is 11.1 Å². The average Bonchev–Trinajstić information content (AvgIpc) is 2.65. The van der Waals surface area contributed by atoms with E-state index in [2.05, 4.69) is 31.1 Å². The molecule has 0 spiro atoms. The van der Waals surface area contributed by atoms with Gasteiger partial charge in [0.25, 0.3) is 0 Å². The van der Waals surface area contributed by atoms with Gasteiger partial charge < -0.3 is 11.1 Å². The lowest BCUT2D eigenvalue weighted by molar-refractivity contribution is -0.137. The van der Waals surface area contributed by atoms with E-state index in [9.17, 15) is 18.0 Å². The van der Waals surface area contributed by atoms with Crippen LogP contribution in [0.3, 0.4) is 0 Å². The summed E-state index contributed by atoms with van der Waals surface area (Å²) < 4.78 is 37.8. The monoisotopic (exact) mass is 427 g/mol. The van der Waals surface area contributed by atoms with E-state index in [0.717, 1.165) is 35.2 Å². The van der Waals surface area contributed by atoms with E-state index in [1.54, 1.807) is 18.2 Å². The number of carbonyl (C=O) groups excluding carboxylic acids is 1. The van der Waals surface area contributed by atoms with Crippen LogP contribution in [0.1, 0.15) is 37.6 Å². The van der Waals surface area contributed by atoms with Crippen molar-refractivity contribution in [3.05, 3.63) is 71.4 Å². The molecule has 0 atom stereocenters. The molecule has 1 heterocycles. The summed E-state index contributed by atoms with van der Waals surface area (Å²) in [5.74, 6) is -0.407. The van der Waals surface area contributed by atoms with E-state index < -0.39 is 17.6 Å². The van der Waals surface area contributed by atoms with Crippen molar-refractivity contribution in [2.24, 2.45) is 5.41 Å². The summed E-state index contributed by atoms with van der Waals surface area (Å²) in [5.41, 5.74) is 8.83. The molecule has 0 aliphatic carbocycles. The zero-order valence-electron chi connectivity index (χ0n) is 17.5. The van der Waals surface area contributed by atoms with Gasteiger partial charge in [-0.15, -0.1) is 0 Å². The van der Waals surface area contributed by atoms with Crippen LogP contribution >= 0.6 is 0 Å². The Hall–Kier alpha value is -3.35. The summed E-state index contributed by atoms with van der Waals surface area (Å²) in [4.78, 5) is 16.9. The molecule has 3 rings (SSSR count). The maximum atomic E-state index is 12.6. The van der Waals surface area contributed by atoms with Gasteiger partial charge >= 0.3 is 6.18 Å². The number of halogens is 3. The standard InChI is InChI=1S/C24H24F3N3O/c1-23(2,3)14-18-13-20(28)19-12-17(9-10-21(19)29-18)30-22(31)11-6-15-4-7-16(8-5-15)24(25,26)27/h4-13H,14H2,1-3H3,(H2,28,29)(H,30,31). The lowest BCUT2D eigenvalue weighted by atomic mass is 9.90. The zero-order valence-corrected chi connectivity index (χ0v) is 17.5. The molecule has 0 radical (unpaired) electrons. The van der Waals surface area contributed by atoms with Crippen molar-refractivity contribution in [1.82, 2.24) is 4.98 Å². The van der Waals surface area contributed by atoms with Crippen molar-refractivity contribution >= 4 is 34.3 Å². The number of hydrogen-bond acceptors (Lipinski definition) is 3. The predicted octanol–water partition coefficient (Wildman–Crippen LogP) is 6.08. The number of nitrogen functional groups attached to an aromatic ring is 1. The Bertz CT molecular complexity index is 1130. The highest BCUT2D eigenvalue weighted by molar-refractivity contribution is 6.03. The molecule has 31 heavy (non-hydrogen) atoms. The maximum absolute atomic E-state index is 12.6. The van der Waals surface area contributed by atoms with Gasteiger partial charge in [-0.05, 0) is 59.9 Å². The molecule has 0 saturated carbocycles. The number of nitrogens with one attached hydrogen (secondary N) is 1. The van der Waals surface area contributed by atoms with Crippen molar-refractivity contribution in [3.63, 3.8) is 0 Å². The first-order valence-corrected chi connectivity index (χ1v) is 9.76. The number of anilines is 2. The number of nitrogens with zero attached hydrogens (tertiary/aromatic N) is 1. The number of nitrogens with two attached hydrogens (primary N) is 1. The van der Waals surface area contributed by atoms with Crippen LogP contribution in [0.4, 0.5) is 24.5 Å². The molecule has 0 aliphatic rings. The number of aromatic nitrogens is 1. The van der Waals surface area contributed by atoms with Gasteiger partial charge in [-0.2, -0.15) is 13.2 Å². The van der Waals surface area contributed by atoms with Gasteiger partial charge in [-0.25, -0.2) is 0 Å². The predicted molar refractivity (Wildman–Crippen MR) is 118 cm³/mol. The minimum Gasteiger partial charge on any atom is -0.398 e. The number of amides is 1. The van der Waals surface area contributed by atoms with Crippen LogP contribution in [0, 0.1) is 5.41 Å². The molecule has 3 N–H and O–H groups in total. The average molecular weight is 427 g/mol. The molecule has 0 fully saturated rings. The van der Waals surface area contributed by atoms with Crippen LogP contribution in [0.5, 0.6) is 0 Å². The van der Waals surface area contributed by atoms with Crippen LogP contribution in [0.25, 0.3) is 17.0 Å². The fourth-order valence-corrected chi connectivity index (χ4v) is 3.16. The molecular weight excluding hydrogens is 403 g/mol. The Labute approximate surface area is 179 Å². The first-order valence-electron chi connectivity index (χ1n) is 9.76. The van der Waals surface area contributed by atoms with Crippen molar-refractivity contribution in [2.75, 3.05) is 11.1 Å². The number of rotatable bonds is 4. The second-order valence-corrected chi connectivity index (χ2v) is 8.61. The molecule has 7 heteroatoms. The van der Waals surface area contributed by atoms with Gasteiger partial charge in [0.15, 0.2) is 0 Å². The van der Waals surface area contributed by atoms with E-state index in [-0.39, 0.29) is 5.41 Å². The van der Waals surface area contributed by atoms with Crippen molar-refractivity contribution in [2.45, 2.75) is 33.4 Å². The van der Waals surface area contributed by atoms with Crippen molar-refractivity contribution in [3.8, 4) is 0 Å². The normalized spacial score (nSPS) is 12.5. The fourth-order valence-electron chi connectivity index (χ4n) is 3.16. The Morgan fingerprint density at radius 3 is 2.35 bits per heavy atom. The molecular formula is C24H24F3N3O. The van der Waals surface area contributed by atoms with E-state index in [4.69, 9.17) is 5.73 Å². The van der Waals surface area contributed by atoms with Crippen LogP contribution in [0.15, 0.2) is 54.6 Å². The quantitative estimate of drug-likeness (QED) is 0.496. The smallest absolute Gasteiger partial charge is 0.398 e. The summed E-state index contributed by atoms with van der Waals surface area (Å²) >= 11 is 0. The van der Waals surface area contributed by atoms with E-state index in [0.29, 0.717) is 16.9 Å². The highest BCUT2D eigenvalue weighted by atomic mass is 19.4. The second kappa shape index (κ2) is 8.41. The lowest BCUT2D eigenvalue weighted by Gasteiger charge is -2.18. The topological polar surface area (TPSA) is 68.0 Å². The summed E-state index contributed by atoms with van der Waals surface area (Å²) in [6.07, 6.45) is -0.883. The van der Waals surface area contributed by atoms with Crippen molar-refractivity contribution in [1.29, 1.82) is 0 Å². The third-order valence-corrected chi connectivity index (χ3v) is 4.54. The molecule has 4 nitrogen and oxygen atoms in total. The Morgan fingerprint density at radius 2 is 1.74 bits per heavy atom. The summed E-state index contributed by atoms with van der Waals surface area (Å²) in [6, 6.07) is 11.7. The van der Waals surface area contributed by atoms with Gasteiger partial charge in [0.05, 0.1) is 11.1 Å². The van der Waals surface area contributed by atoms with Crippen LogP contribution in [-0.2, 0) is 17.4 Å². The molecule has 1 aromatic heterocycles. The van der Waals surface area contributed by atoms with E-state index in [1.807, 2.05) is 6.07 Å². The molecule has 162 valence electrons. The molecule has 1 amide bonds. The number of pyridine rings is 1. The fraction of sp³-hybridized carbons (Fsp3) is 0.250. The summed E-state index contributed by atoms with van der Waals surface area (Å²) in [7, 11) is 0. The highest BCUT2D eigenvalue weighted by Crippen LogP contribution is 2.29. The molecule has 0 saturated heterocycles. The number of benzene rings is 2. The zero-order chi connectivity index (χ0) is 22.8. The lowest BCUT2D eigenvalue weighted by Crippen LogP contribution is -2.11. The third-order valence-electron chi connectivity index (χ3n) is 4.54. The molecule has 2 aromatic carbocycles. The van der Waals surface area contributed by atoms with Gasteiger partial charge in [0.1, 0.15) is 0 Å². The highest BCUT2D eigenvalue weighted by Gasteiger charge is 2.29. The Kier molecular flexibility index (Phi) is 6.06. The molecule has 3 aromatic rings. The second-order valence-electron chi connectivity index (χ2n) is 8.61. The Balaban J connectivity index is 1.72. The number of carbonyl (C=O) groups is 1. The number of hydrogen-bond donors (Lipinski definition) is 2. The number of fused-ring (bicyclic) bond motifs is 1. The van der Waals surface area contributed by atoms with E-state index >= 15 is 0 Å². The van der Waals surface area contributed by atoms with Gasteiger partial charge in [0, 0.05) is 28.5 Å². The number of alkyl halides is 3. The molecule has 0 bridgehead atoms. The Morgan fingerprint density at radius 1 is 1.06 bits per heavy atom. The van der Waals surface area contributed by atoms with E-state index in [1.165, 1.54) is 24.3 Å². The minimum absolute atomic E-state index is 0.0838. The SMILES string of the molecule is CC(C)(C)Cc1cc(N)c2cc(NC(=O)C=Cc3ccc(C(F)(F)F)cc3)ccc2n1. The molecule has 0 aliphatic heterocycles. The van der Waals surface area contributed by atoms with Gasteiger partial charge in [0.2, 0.25) is 5.91 Å². The summed E-state index contributed by atoms with van der Waals surface area (Å²) in [5, 5.41) is 3.47. The largest absolute Gasteiger partial charge is 0.416 e. The van der Waals surface area contributed by atoms with Crippen molar-refractivity contribution < 1.29 is 18.0 Å².